The normalized spacial score (nSPS) is 11.4. The van der Waals surface area contributed by atoms with Crippen LogP contribution in [0.15, 0.2) is 36.4 Å². The van der Waals surface area contributed by atoms with Gasteiger partial charge in [-0.3, -0.25) is 4.79 Å². The summed E-state index contributed by atoms with van der Waals surface area (Å²) in [6, 6.07) is 11.5. The first-order chi connectivity index (χ1) is 7.70. The highest BCUT2D eigenvalue weighted by molar-refractivity contribution is 6.69. The van der Waals surface area contributed by atoms with Crippen LogP contribution in [0.2, 0.25) is 5.02 Å². The van der Waals surface area contributed by atoms with Crippen LogP contribution in [0.25, 0.3) is 22.3 Å². The van der Waals surface area contributed by atoms with E-state index in [2.05, 4.69) is 0 Å². The molecule has 1 aliphatic carbocycles. The van der Waals surface area contributed by atoms with Gasteiger partial charge in [0.25, 0.3) is 5.24 Å². The summed E-state index contributed by atoms with van der Waals surface area (Å²) < 4.78 is 0. The van der Waals surface area contributed by atoms with Gasteiger partial charge in [0.15, 0.2) is 0 Å². The van der Waals surface area contributed by atoms with Crippen molar-refractivity contribution in [1.29, 1.82) is 0 Å². The lowest BCUT2D eigenvalue weighted by Crippen LogP contribution is -2.05. The average Bonchev–Trinajstić information content (AvgIpc) is 2.25. The number of rotatable bonds is 1. The Morgan fingerprint density at radius 1 is 0.938 bits per heavy atom. The topological polar surface area (TPSA) is 17.1 Å². The van der Waals surface area contributed by atoms with Gasteiger partial charge in [-0.2, -0.15) is 0 Å². The van der Waals surface area contributed by atoms with Gasteiger partial charge in [-0.05, 0) is 34.4 Å². The molecule has 3 heteroatoms. The lowest BCUT2D eigenvalue weighted by molar-refractivity contribution is 0.108. The van der Waals surface area contributed by atoms with E-state index in [4.69, 9.17) is 23.2 Å². The van der Waals surface area contributed by atoms with E-state index in [1.54, 1.807) is 6.07 Å². The third-order valence-electron chi connectivity index (χ3n) is 2.84. The summed E-state index contributed by atoms with van der Waals surface area (Å²) in [5.41, 5.74) is 4.53. The number of halogens is 2. The smallest absolute Gasteiger partial charge is 0.254 e. The summed E-state index contributed by atoms with van der Waals surface area (Å²) in [6.07, 6.45) is 0. The molecule has 0 aliphatic heterocycles. The number of carbonyl (C=O) groups is 1. The Balaban J connectivity index is 2.33. The zero-order valence-electron chi connectivity index (χ0n) is 8.13. The van der Waals surface area contributed by atoms with Crippen molar-refractivity contribution >= 4 is 28.4 Å². The van der Waals surface area contributed by atoms with Crippen molar-refractivity contribution in [2.24, 2.45) is 0 Å². The van der Waals surface area contributed by atoms with Gasteiger partial charge < -0.3 is 0 Å². The molecule has 0 radical (unpaired) electrons. The van der Waals surface area contributed by atoms with Crippen LogP contribution < -0.4 is 0 Å². The fourth-order valence-corrected chi connectivity index (χ4v) is 2.64. The number of hydrogen-bond acceptors (Lipinski definition) is 1. The van der Waals surface area contributed by atoms with Crippen molar-refractivity contribution < 1.29 is 4.79 Å². The predicted molar refractivity (Wildman–Crippen MR) is 66.1 cm³/mol. The lowest BCUT2D eigenvalue weighted by atomic mass is 9.78. The van der Waals surface area contributed by atoms with Crippen LogP contribution in [0, 0.1) is 0 Å². The first-order valence-corrected chi connectivity index (χ1v) is 5.58. The van der Waals surface area contributed by atoms with Gasteiger partial charge in [-0.1, -0.05) is 41.9 Å². The fourth-order valence-electron chi connectivity index (χ4n) is 2.15. The maximum Gasteiger partial charge on any atom is 0.254 e. The second-order valence-corrected chi connectivity index (χ2v) is 4.41. The van der Waals surface area contributed by atoms with E-state index in [0.29, 0.717) is 10.6 Å². The second kappa shape index (κ2) is 3.34. The Kier molecular flexibility index (Phi) is 2.06. The molecule has 1 aliphatic rings. The molecule has 1 nitrogen and oxygen atoms in total. The molecule has 0 aromatic heterocycles. The molecule has 78 valence electrons. The summed E-state index contributed by atoms with van der Waals surface area (Å²) in [5, 5.41) is -0.0930. The highest BCUT2D eigenvalue weighted by Gasteiger charge is 2.28. The Morgan fingerprint density at radius 3 is 2.31 bits per heavy atom. The van der Waals surface area contributed by atoms with E-state index in [1.165, 1.54) is 0 Å². The third kappa shape index (κ3) is 1.16. The van der Waals surface area contributed by atoms with Crippen LogP contribution in [-0.4, -0.2) is 5.24 Å². The first-order valence-electron chi connectivity index (χ1n) is 4.82. The van der Waals surface area contributed by atoms with E-state index in [-0.39, 0.29) is 0 Å². The van der Waals surface area contributed by atoms with Gasteiger partial charge in [-0.15, -0.1) is 0 Å². The third-order valence-corrected chi connectivity index (χ3v) is 3.34. The summed E-state index contributed by atoms with van der Waals surface area (Å²) in [4.78, 5) is 11.4. The molecular formula is C13H6Cl2O. The second-order valence-electron chi connectivity index (χ2n) is 3.66. The van der Waals surface area contributed by atoms with E-state index in [9.17, 15) is 4.79 Å². The SMILES string of the molecule is O=C(Cl)c1c(Cl)ccc2c1-c1ccccc1-2. The predicted octanol–water partition coefficient (Wildman–Crippen LogP) is 4.37. The molecule has 0 saturated carbocycles. The van der Waals surface area contributed by atoms with E-state index in [1.807, 2.05) is 30.3 Å². The molecule has 0 heterocycles. The van der Waals surface area contributed by atoms with Crippen LogP contribution in [0.3, 0.4) is 0 Å². The van der Waals surface area contributed by atoms with Gasteiger partial charge in [0.1, 0.15) is 0 Å². The quantitative estimate of drug-likeness (QED) is 0.585. The largest absolute Gasteiger partial charge is 0.276 e. The Bertz CT molecular complexity index is 617. The van der Waals surface area contributed by atoms with Gasteiger partial charge in [0, 0.05) is 5.56 Å². The zero-order valence-corrected chi connectivity index (χ0v) is 9.64. The number of carbonyl (C=O) groups excluding carboxylic acids is 1. The Hall–Kier alpha value is -1.31. The molecule has 16 heavy (non-hydrogen) atoms. The molecule has 3 rings (SSSR count). The van der Waals surface area contributed by atoms with Crippen molar-refractivity contribution in [2.75, 3.05) is 0 Å². The van der Waals surface area contributed by atoms with Crippen molar-refractivity contribution in [3.63, 3.8) is 0 Å². The van der Waals surface area contributed by atoms with Crippen molar-refractivity contribution in [3.05, 3.63) is 47.0 Å². The Morgan fingerprint density at radius 2 is 1.62 bits per heavy atom. The van der Waals surface area contributed by atoms with E-state index < -0.39 is 5.24 Å². The minimum Gasteiger partial charge on any atom is -0.276 e. The van der Waals surface area contributed by atoms with E-state index in [0.717, 1.165) is 22.3 Å². The minimum atomic E-state index is -0.503. The first kappa shape index (κ1) is 9.88. The number of fused-ring (bicyclic) bond motifs is 4. The monoisotopic (exact) mass is 248 g/mol. The van der Waals surface area contributed by atoms with Crippen LogP contribution in [0.4, 0.5) is 0 Å². The van der Waals surface area contributed by atoms with Crippen molar-refractivity contribution in [1.82, 2.24) is 0 Å². The number of benzene rings is 2. The van der Waals surface area contributed by atoms with Crippen LogP contribution in [0.5, 0.6) is 0 Å². The average molecular weight is 249 g/mol. The summed E-state index contributed by atoms with van der Waals surface area (Å²) in [6.45, 7) is 0. The molecule has 0 spiro atoms. The van der Waals surface area contributed by atoms with Crippen LogP contribution in [0.1, 0.15) is 10.4 Å². The van der Waals surface area contributed by atoms with Crippen LogP contribution in [-0.2, 0) is 0 Å². The van der Waals surface area contributed by atoms with Gasteiger partial charge in [-0.25, -0.2) is 0 Å². The van der Waals surface area contributed by atoms with Crippen LogP contribution >= 0.6 is 23.2 Å². The van der Waals surface area contributed by atoms with E-state index >= 15 is 0 Å². The maximum atomic E-state index is 11.4. The highest BCUT2D eigenvalue weighted by Crippen LogP contribution is 2.50. The molecule has 2 aromatic carbocycles. The molecule has 2 aromatic rings. The van der Waals surface area contributed by atoms with Crippen molar-refractivity contribution in [2.45, 2.75) is 0 Å². The fraction of sp³-hybridized carbons (Fsp3) is 0. The zero-order chi connectivity index (χ0) is 11.3. The highest BCUT2D eigenvalue weighted by atomic mass is 35.5. The van der Waals surface area contributed by atoms with Gasteiger partial charge >= 0.3 is 0 Å². The van der Waals surface area contributed by atoms with Gasteiger partial charge in [0.2, 0.25) is 0 Å². The molecule has 0 unspecified atom stereocenters. The van der Waals surface area contributed by atoms with Gasteiger partial charge in [0.05, 0.1) is 10.6 Å². The summed E-state index contributed by atoms with van der Waals surface area (Å²) in [7, 11) is 0. The molecule has 0 fully saturated rings. The summed E-state index contributed by atoms with van der Waals surface area (Å²) in [5.74, 6) is 0. The summed E-state index contributed by atoms with van der Waals surface area (Å²) >= 11 is 11.6. The molecule has 0 bridgehead atoms. The number of hydrogen-bond donors (Lipinski definition) is 0. The maximum absolute atomic E-state index is 11.4. The van der Waals surface area contributed by atoms with Crippen molar-refractivity contribution in [3.8, 4) is 22.3 Å². The minimum absolute atomic E-state index is 0.410. The molecule has 0 N–H and O–H groups in total. The Labute approximate surface area is 103 Å². The standard InChI is InChI=1S/C13H6Cl2O/c14-10-6-5-9-7-3-1-2-4-8(7)11(9)12(10)13(15)16/h1-6H. The molecule has 0 atom stereocenters. The molecule has 0 amide bonds. The molecule has 0 saturated heterocycles. The lowest BCUT2D eigenvalue weighted by Gasteiger charge is -2.26. The molecular weight excluding hydrogens is 243 g/mol.